The molecule has 152 valence electrons. The van der Waals surface area contributed by atoms with Crippen LogP contribution in [0, 0.1) is 0 Å². The fourth-order valence-corrected chi connectivity index (χ4v) is 4.38. The minimum absolute atomic E-state index is 0.0244. The lowest BCUT2D eigenvalue weighted by molar-refractivity contribution is -0.121. The van der Waals surface area contributed by atoms with Gasteiger partial charge in [-0.3, -0.25) is 19.1 Å². The van der Waals surface area contributed by atoms with Crippen molar-refractivity contribution in [1.82, 2.24) is 19.8 Å². The summed E-state index contributed by atoms with van der Waals surface area (Å²) in [6.07, 6.45) is 2.34. The number of benzene rings is 1. The van der Waals surface area contributed by atoms with Crippen molar-refractivity contribution < 1.29 is 9.53 Å². The maximum absolute atomic E-state index is 13.0. The lowest BCUT2D eigenvalue weighted by atomic mass is 10.1. The summed E-state index contributed by atoms with van der Waals surface area (Å²) < 4.78 is 6.72. The molecule has 1 aliphatic rings. The molecule has 0 atom stereocenters. The zero-order valence-electron chi connectivity index (χ0n) is 16.2. The van der Waals surface area contributed by atoms with Crippen LogP contribution in [-0.4, -0.2) is 59.8 Å². The van der Waals surface area contributed by atoms with E-state index in [0.29, 0.717) is 16.8 Å². The minimum Gasteiger partial charge on any atom is -0.379 e. The maximum Gasteiger partial charge on any atom is 0.263 e. The number of hydrogen-bond acceptors (Lipinski definition) is 6. The van der Waals surface area contributed by atoms with E-state index in [-0.39, 0.29) is 18.0 Å². The second kappa shape index (κ2) is 9.30. The number of aromatic nitrogens is 2. The Kier molecular flexibility index (Phi) is 6.33. The predicted octanol–water partition coefficient (Wildman–Crippen LogP) is 1.96. The van der Waals surface area contributed by atoms with E-state index < -0.39 is 0 Å². The molecular weight excluding hydrogens is 388 g/mol. The number of hydrogen-bond donors (Lipinski definition) is 1. The number of nitrogens with one attached hydrogen (secondary N) is 1. The summed E-state index contributed by atoms with van der Waals surface area (Å²) in [7, 11) is 0. The fraction of sp³-hybridized carbons (Fsp3) is 0.381. The van der Waals surface area contributed by atoms with Crippen LogP contribution in [0.3, 0.4) is 0 Å². The molecule has 0 spiro atoms. The van der Waals surface area contributed by atoms with Crippen LogP contribution in [0.2, 0.25) is 0 Å². The van der Waals surface area contributed by atoms with Gasteiger partial charge in [-0.15, -0.1) is 11.3 Å². The third kappa shape index (κ3) is 4.72. The van der Waals surface area contributed by atoms with Crippen LogP contribution in [0.5, 0.6) is 0 Å². The van der Waals surface area contributed by atoms with Gasteiger partial charge >= 0.3 is 0 Å². The molecule has 0 unspecified atom stereocenters. The number of fused-ring (bicyclic) bond motifs is 1. The fourth-order valence-electron chi connectivity index (χ4n) is 3.48. The maximum atomic E-state index is 13.0. The standard InChI is InChI=1S/C21H24N4O3S/c26-18(22-7-4-8-24-9-11-28-12-10-24)13-25-15-23-20-19(21(25)27)17(14-29-20)16-5-2-1-3-6-16/h1-3,5-6,14-15H,4,7-13H2,(H,22,26). The third-order valence-corrected chi connectivity index (χ3v) is 5.92. The molecule has 1 amide bonds. The largest absolute Gasteiger partial charge is 0.379 e. The Morgan fingerprint density at radius 3 is 2.79 bits per heavy atom. The van der Waals surface area contributed by atoms with E-state index in [9.17, 15) is 9.59 Å². The summed E-state index contributed by atoms with van der Waals surface area (Å²) in [5, 5.41) is 5.43. The average Bonchev–Trinajstić information content (AvgIpc) is 3.20. The molecule has 3 heterocycles. The molecule has 1 aromatic carbocycles. The Bertz CT molecular complexity index is 1030. The van der Waals surface area contributed by atoms with Crippen LogP contribution >= 0.6 is 11.3 Å². The molecule has 0 aliphatic carbocycles. The van der Waals surface area contributed by atoms with Gasteiger partial charge in [-0.1, -0.05) is 30.3 Å². The van der Waals surface area contributed by atoms with Crippen molar-refractivity contribution >= 4 is 27.5 Å². The highest BCUT2D eigenvalue weighted by atomic mass is 32.1. The molecule has 2 aromatic heterocycles. The molecule has 0 bridgehead atoms. The molecule has 7 nitrogen and oxygen atoms in total. The molecule has 1 saturated heterocycles. The highest BCUT2D eigenvalue weighted by Gasteiger charge is 2.15. The summed E-state index contributed by atoms with van der Waals surface area (Å²) in [6, 6.07) is 9.77. The van der Waals surface area contributed by atoms with Crippen molar-refractivity contribution in [2.45, 2.75) is 13.0 Å². The van der Waals surface area contributed by atoms with Crippen molar-refractivity contribution in [2.24, 2.45) is 0 Å². The van der Waals surface area contributed by atoms with Crippen molar-refractivity contribution in [3.63, 3.8) is 0 Å². The van der Waals surface area contributed by atoms with Crippen LogP contribution in [-0.2, 0) is 16.1 Å². The van der Waals surface area contributed by atoms with Gasteiger partial charge in [0.2, 0.25) is 5.91 Å². The molecule has 0 radical (unpaired) electrons. The van der Waals surface area contributed by atoms with E-state index in [2.05, 4.69) is 15.2 Å². The van der Waals surface area contributed by atoms with Crippen molar-refractivity contribution in [2.75, 3.05) is 39.4 Å². The normalized spacial score (nSPS) is 14.9. The number of rotatable bonds is 7. The molecule has 3 aromatic rings. The SMILES string of the molecule is O=C(Cn1cnc2scc(-c3ccccc3)c2c1=O)NCCCN1CCOCC1. The van der Waals surface area contributed by atoms with Crippen molar-refractivity contribution in [3.05, 3.63) is 52.4 Å². The quantitative estimate of drug-likeness (QED) is 0.601. The Balaban J connectivity index is 1.39. The van der Waals surface area contributed by atoms with E-state index in [0.717, 1.165) is 50.4 Å². The lowest BCUT2D eigenvalue weighted by Gasteiger charge is -2.26. The van der Waals surface area contributed by atoms with Crippen LogP contribution in [0.15, 0.2) is 46.8 Å². The van der Waals surface area contributed by atoms with E-state index in [1.54, 1.807) is 0 Å². The lowest BCUT2D eigenvalue weighted by Crippen LogP contribution is -2.38. The first-order chi connectivity index (χ1) is 14.2. The highest BCUT2D eigenvalue weighted by molar-refractivity contribution is 7.17. The molecule has 29 heavy (non-hydrogen) atoms. The first-order valence-corrected chi connectivity index (χ1v) is 10.7. The van der Waals surface area contributed by atoms with Gasteiger partial charge in [0, 0.05) is 30.6 Å². The van der Waals surface area contributed by atoms with Gasteiger partial charge < -0.3 is 10.1 Å². The number of morpholine rings is 1. The first-order valence-electron chi connectivity index (χ1n) is 9.81. The molecule has 8 heteroatoms. The number of nitrogens with zero attached hydrogens (tertiary/aromatic N) is 3. The predicted molar refractivity (Wildman–Crippen MR) is 114 cm³/mol. The third-order valence-electron chi connectivity index (χ3n) is 5.04. The topological polar surface area (TPSA) is 76.5 Å². The zero-order chi connectivity index (χ0) is 20.1. The van der Waals surface area contributed by atoms with E-state index in [4.69, 9.17) is 4.74 Å². The summed E-state index contributed by atoms with van der Waals surface area (Å²) >= 11 is 1.44. The number of carbonyl (C=O) groups excluding carboxylic acids is 1. The van der Waals surface area contributed by atoms with E-state index in [1.165, 1.54) is 22.2 Å². The second-order valence-electron chi connectivity index (χ2n) is 7.03. The highest BCUT2D eigenvalue weighted by Crippen LogP contribution is 2.30. The minimum atomic E-state index is -0.182. The molecule has 1 fully saturated rings. The number of ether oxygens (including phenoxy) is 1. The molecular formula is C21H24N4O3S. The molecule has 4 rings (SSSR count). The smallest absolute Gasteiger partial charge is 0.263 e. The Morgan fingerprint density at radius 2 is 2.00 bits per heavy atom. The first kappa shape index (κ1) is 19.8. The van der Waals surface area contributed by atoms with Gasteiger partial charge in [0.1, 0.15) is 11.4 Å². The summed E-state index contributed by atoms with van der Waals surface area (Å²) in [4.78, 5) is 32.7. The van der Waals surface area contributed by atoms with Gasteiger partial charge in [0.05, 0.1) is 24.9 Å². The van der Waals surface area contributed by atoms with Crippen LogP contribution in [0.4, 0.5) is 0 Å². The number of carbonyl (C=O) groups is 1. The van der Waals surface area contributed by atoms with Gasteiger partial charge in [0.15, 0.2) is 0 Å². The van der Waals surface area contributed by atoms with Gasteiger partial charge in [-0.05, 0) is 18.5 Å². The number of amides is 1. The van der Waals surface area contributed by atoms with Crippen LogP contribution in [0.1, 0.15) is 6.42 Å². The van der Waals surface area contributed by atoms with E-state index in [1.807, 2.05) is 35.7 Å². The molecule has 1 aliphatic heterocycles. The van der Waals surface area contributed by atoms with Crippen molar-refractivity contribution in [1.29, 1.82) is 0 Å². The molecule has 0 saturated carbocycles. The Labute approximate surface area is 172 Å². The monoisotopic (exact) mass is 412 g/mol. The summed E-state index contributed by atoms with van der Waals surface area (Å²) in [5.74, 6) is -0.174. The average molecular weight is 413 g/mol. The summed E-state index contributed by atoms with van der Waals surface area (Å²) in [5.41, 5.74) is 1.66. The number of thiophene rings is 1. The second-order valence-corrected chi connectivity index (χ2v) is 7.89. The van der Waals surface area contributed by atoms with Crippen LogP contribution in [0.25, 0.3) is 21.3 Å². The molecule has 1 N–H and O–H groups in total. The van der Waals surface area contributed by atoms with Gasteiger partial charge in [-0.2, -0.15) is 0 Å². The zero-order valence-corrected chi connectivity index (χ0v) is 17.0. The Hall–Kier alpha value is -2.55. The van der Waals surface area contributed by atoms with E-state index >= 15 is 0 Å². The Morgan fingerprint density at radius 1 is 1.21 bits per heavy atom. The van der Waals surface area contributed by atoms with Gasteiger partial charge in [-0.25, -0.2) is 4.98 Å². The van der Waals surface area contributed by atoms with Crippen molar-refractivity contribution in [3.8, 4) is 11.1 Å². The van der Waals surface area contributed by atoms with Crippen LogP contribution < -0.4 is 10.9 Å². The summed E-state index contributed by atoms with van der Waals surface area (Å²) in [6.45, 7) is 4.94. The van der Waals surface area contributed by atoms with Gasteiger partial charge in [0.25, 0.3) is 5.56 Å².